The summed E-state index contributed by atoms with van der Waals surface area (Å²) in [6.45, 7) is 2.07. The van der Waals surface area contributed by atoms with Gasteiger partial charge in [0.2, 0.25) is 0 Å². The average Bonchev–Trinajstić information content (AvgIpc) is 2.32. The standard InChI is InChI=1S/C14H19Cl2NO/c1-9(11-7-6-10(15)8-12(11)16)17-13-4-2-3-5-14(13)18/h6-9,13-14,17-18H,2-5H2,1H3. The number of nitrogens with one attached hydrogen (secondary N) is 1. The first-order valence-corrected chi connectivity index (χ1v) is 7.22. The van der Waals surface area contributed by atoms with Crippen LogP contribution in [0.2, 0.25) is 10.0 Å². The van der Waals surface area contributed by atoms with Crippen molar-refractivity contribution in [2.75, 3.05) is 0 Å². The van der Waals surface area contributed by atoms with Crippen LogP contribution in [0.1, 0.15) is 44.2 Å². The van der Waals surface area contributed by atoms with Gasteiger partial charge in [0, 0.05) is 22.1 Å². The SMILES string of the molecule is CC(NC1CCCCC1O)c1ccc(Cl)cc1Cl. The molecule has 2 nitrogen and oxygen atoms in total. The largest absolute Gasteiger partial charge is 0.392 e. The molecule has 0 aromatic heterocycles. The third kappa shape index (κ3) is 3.39. The molecule has 0 spiro atoms. The Bertz CT molecular complexity index is 411. The molecule has 1 fully saturated rings. The number of benzene rings is 1. The number of rotatable bonds is 3. The molecular formula is C14H19Cl2NO. The Hall–Kier alpha value is -0.280. The molecule has 0 saturated heterocycles. The average molecular weight is 288 g/mol. The van der Waals surface area contributed by atoms with E-state index in [0.29, 0.717) is 10.0 Å². The summed E-state index contributed by atoms with van der Waals surface area (Å²) in [5.74, 6) is 0. The lowest BCUT2D eigenvalue weighted by Crippen LogP contribution is -2.43. The second kappa shape index (κ2) is 6.25. The van der Waals surface area contributed by atoms with E-state index in [-0.39, 0.29) is 18.2 Å². The van der Waals surface area contributed by atoms with Crippen LogP contribution >= 0.6 is 23.2 Å². The Balaban J connectivity index is 2.04. The summed E-state index contributed by atoms with van der Waals surface area (Å²) in [7, 11) is 0. The van der Waals surface area contributed by atoms with E-state index in [4.69, 9.17) is 23.2 Å². The van der Waals surface area contributed by atoms with Crippen LogP contribution < -0.4 is 5.32 Å². The van der Waals surface area contributed by atoms with E-state index in [1.165, 1.54) is 6.42 Å². The second-order valence-electron chi connectivity index (χ2n) is 5.01. The van der Waals surface area contributed by atoms with Gasteiger partial charge >= 0.3 is 0 Å². The van der Waals surface area contributed by atoms with Crippen LogP contribution in [0.3, 0.4) is 0 Å². The number of hydrogen-bond acceptors (Lipinski definition) is 2. The fraction of sp³-hybridized carbons (Fsp3) is 0.571. The molecule has 0 bridgehead atoms. The molecule has 1 aromatic rings. The molecule has 0 aliphatic heterocycles. The molecule has 18 heavy (non-hydrogen) atoms. The van der Waals surface area contributed by atoms with Crippen LogP contribution in [0, 0.1) is 0 Å². The van der Waals surface area contributed by atoms with Gasteiger partial charge in [-0.15, -0.1) is 0 Å². The normalized spacial score (nSPS) is 26.0. The molecule has 100 valence electrons. The maximum Gasteiger partial charge on any atom is 0.0693 e. The summed E-state index contributed by atoms with van der Waals surface area (Å²) in [5.41, 5.74) is 1.03. The molecule has 0 amide bonds. The molecule has 0 radical (unpaired) electrons. The van der Waals surface area contributed by atoms with Crippen LogP contribution in [0.4, 0.5) is 0 Å². The molecule has 3 unspecified atom stereocenters. The van der Waals surface area contributed by atoms with Crippen LogP contribution in [0.5, 0.6) is 0 Å². The monoisotopic (exact) mass is 287 g/mol. The molecule has 1 aliphatic rings. The number of aliphatic hydroxyl groups excluding tert-OH is 1. The Labute approximate surface area is 118 Å². The highest BCUT2D eigenvalue weighted by Crippen LogP contribution is 2.28. The fourth-order valence-corrected chi connectivity index (χ4v) is 3.14. The lowest BCUT2D eigenvalue weighted by Gasteiger charge is -2.31. The highest BCUT2D eigenvalue weighted by Gasteiger charge is 2.24. The van der Waals surface area contributed by atoms with Crippen LogP contribution in [0.15, 0.2) is 18.2 Å². The van der Waals surface area contributed by atoms with E-state index in [0.717, 1.165) is 24.8 Å². The molecule has 0 heterocycles. The van der Waals surface area contributed by atoms with Gasteiger partial charge in [-0.3, -0.25) is 0 Å². The Morgan fingerprint density at radius 3 is 2.67 bits per heavy atom. The Morgan fingerprint density at radius 1 is 1.28 bits per heavy atom. The van der Waals surface area contributed by atoms with Gasteiger partial charge in [-0.2, -0.15) is 0 Å². The molecular weight excluding hydrogens is 269 g/mol. The van der Waals surface area contributed by atoms with E-state index in [1.807, 2.05) is 12.1 Å². The van der Waals surface area contributed by atoms with Crippen molar-refractivity contribution in [2.24, 2.45) is 0 Å². The number of aliphatic hydroxyl groups is 1. The minimum absolute atomic E-state index is 0.118. The third-order valence-electron chi connectivity index (χ3n) is 3.62. The van der Waals surface area contributed by atoms with Gasteiger partial charge in [-0.25, -0.2) is 0 Å². The lowest BCUT2D eigenvalue weighted by molar-refractivity contribution is 0.0860. The van der Waals surface area contributed by atoms with Crippen LogP contribution in [-0.2, 0) is 0 Å². The molecule has 3 atom stereocenters. The van der Waals surface area contributed by atoms with Gasteiger partial charge in [0.25, 0.3) is 0 Å². The number of halogens is 2. The van der Waals surface area contributed by atoms with E-state index < -0.39 is 0 Å². The van der Waals surface area contributed by atoms with Gasteiger partial charge in [0.1, 0.15) is 0 Å². The maximum atomic E-state index is 9.96. The predicted molar refractivity (Wildman–Crippen MR) is 76.3 cm³/mol. The highest BCUT2D eigenvalue weighted by molar-refractivity contribution is 6.35. The van der Waals surface area contributed by atoms with E-state index in [1.54, 1.807) is 6.07 Å². The van der Waals surface area contributed by atoms with E-state index >= 15 is 0 Å². The summed E-state index contributed by atoms with van der Waals surface area (Å²) >= 11 is 12.1. The Morgan fingerprint density at radius 2 is 2.00 bits per heavy atom. The fourth-order valence-electron chi connectivity index (χ4n) is 2.57. The van der Waals surface area contributed by atoms with Gasteiger partial charge in [-0.05, 0) is 37.5 Å². The van der Waals surface area contributed by atoms with Gasteiger partial charge < -0.3 is 10.4 Å². The molecule has 4 heteroatoms. The second-order valence-corrected chi connectivity index (χ2v) is 5.86. The summed E-state index contributed by atoms with van der Waals surface area (Å²) in [6, 6.07) is 5.83. The van der Waals surface area contributed by atoms with Crippen molar-refractivity contribution in [1.82, 2.24) is 5.32 Å². The predicted octanol–water partition coefficient (Wildman–Crippen LogP) is 3.95. The van der Waals surface area contributed by atoms with Crippen LogP contribution in [-0.4, -0.2) is 17.3 Å². The smallest absolute Gasteiger partial charge is 0.0693 e. The zero-order chi connectivity index (χ0) is 13.1. The molecule has 1 aliphatic carbocycles. The molecule has 2 N–H and O–H groups in total. The summed E-state index contributed by atoms with van der Waals surface area (Å²) < 4.78 is 0. The first-order chi connectivity index (χ1) is 8.58. The first-order valence-electron chi connectivity index (χ1n) is 6.47. The topological polar surface area (TPSA) is 32.3 Å². The van der Waals surface area contributed by atoms with Crippen LogP contribution in [0.25, 0.3) is 0 Å². The highest BCUT2D eigenvalue weighted by atomic mass is 35.5. The summed E-state index contributed by atoms with van der Waals surface area (Å²) in [5, 5.41) is 14.7. The van der Waals surface area contributed by atoms with Crippen molar-refractivity contribution in [3.8, 4) is 0 Å². The summed E-state index contributed by atoms with van der Waals surface area (Å²) in [6.07, 6.45) is 3.97. The third-order valence-corrected chi connectivity index (χ3v) is 4.18. The zero-order valence-electron chi connectivity index (χ0n) is 10.5. The molecule has 1 saturated carbocycles. The van der Waals surface area contributed by atoms with Crippen molar-refractivity contribution in [3.05, 3.63) is 33.8 Å². The summed E-state index contributed by atoms with van der Waals surface area (Å²) in [4.78, 5) is 0. The van der Waals surface area contributed by atoms with Crippen molar-refractivity contribution in [2.45, 2.75) is 50.8 Å². The quantitative estimate of drug-likeness (QED) is 0.882. The van der Waals surface area contributed by atoms with Crippen molar-refractivity contribution >= 4 is 23.2 Å². The minimum atomic E-state index is -0.243. The zero-order valence-corrected chi connectivity index (χ0v) is 12.0. The lowest BCUT2D eigenvalue weighted by atomic mass is 9.91. The molecule has 2 rings (SSSR count). The van der Waals surface area contributed by atoms with E-state index in [2.05, 4.69) is 12.2 Å². The minimum Gasteiger partial charge on any atom is -0.392 e. The first kappa shape index (κ1) is 14.1. The maximum absolute atomic E-state index is 9.96. The molecule has 1 aromatic carbocycles. The van der Waals surface area contributed by atoms with Crippen molar-refractivity contribution < 1.29 is 5.11 Å². The van der Waals surface area contributed by atoms with Gasteiger partial charge in [-0.1, -0.05) is 42.1 Å². The van der Waals surface area contributed by atoms with Crippen molar-refractivity contribution in [3.63, 3.8) is 0 Å². The number of hydrogen-bond donors (Lipinski definition) is 2. The van der Waals surface area contributed by atoms with Gasteiger partial charge in [0.05, 0.1) is 6.10 Å². The van der Waals surface area contributed by atoms with E-state index in [9.17, 15) is 5.11 Å². The van der Waals surface area contributed by atoms with Gasteiger partial charge in [0.15, 0.2) is 0 Å². The Kier molecular flexibility index (Phi) is 4.91. The van der Waals surface area contributed by atoms with Crippen molar-refractivity contribution in [1.29, 1.82) is 0 Å².